The van der Waals surface area contributed by atoms with Crippen LogP contribution < -0.4 is 9.47 Å². The van der Waals surface area contributed by atoms with Crippen molar-refractivity contribution in [2.24, 2.45) is 0 Å². The van der Waals surface area contributed by atoms with Gasteiger partial charge in [0.25, 0.3) is 0 Å². The minimum atomic E-state index is -4.56. The molecule has 0 aliphatic heterocycles. The van der Waals surface area contributed by atoms with Crippen LogP contribution in [0.5, 0.6) is 11.5 Å². The summed E-state index contributed by atoms with van der Waals surface area (Å²) in [6.45, 7) is 0.207. The fraction of sp³-hybridized carbons (Fsp3) is 0.273. The Bertz CT molecular complexity index is 1050. The summed E-state index contributed by atoms with van der Waals surface area (Å²) in [7, 11) is 1.31. The third kappa shape index (κ3) is 5.40. The molecule has 0 amide bonds. The van der Waals surface area contributed by atoms with Crippen LogP contribution in [0.1, 0.15) is 29.7 Å². The van der Waals surface area contributed by atoms with Gasteiger partial charge in [0, 0.05) is 17.9 Å². The van der Waals surface area contributed by atoms with Crippen LogP contribution in [0.25, 0.3) is 10.9 Å². The Balaban J connectivity index is 1.74. The van der Waals surface area contributed by atoms with Crippen LogP contribution in [0, 0.1) is 0 Å². The fourth-order valence-electron chi connectivity index (χ4n) is 3.05. The van der Waals surface area contributed by atoms with Crippen LogP contribution in [-0.4, -0.2) is 23.2 Å². The molecule has 0 atom stereocenters. The number of aromatic nitrogens is 1. The Hall–Kier alpha value is -3.29. The number of fused-ring (bicyclic) bond motifs is 1. The van der Waals surface area contributed by atoms with Crippen molar-refractivity contribution in [3.63, 3.8) is 0 Å². The smallest absolute Gasteiger partial charge is 0.433 e. The van der Waals surface area contributed by atoms with Crippen molar-refractivity contribution in [1.29, 1.82) is 0 Å². The van der Waals surface area contributed by atoms with E-state index in [1.807, 2.05) is 18.2 Å². The molecule has 0 radical (unpaired) electrons. The lowest BCUT2D eigenvalue weighted by molar-refractivity contribution is -0.141. The van der Waals surface area contributed by atoms with Gasteiger partial charge in [0.1, 0.15) is 23.8 Å². The monoisotopic (exact) mass is 419 g/mol. The van der Waals surface area contributed by atoms with Crippen LogP contribution >= 0.6 is 0 Å². The number of hydrogen-bond acceptors (Lipinski definition) is 4. The van der Waals surface area contributed by atoms with Crippen molar-refractivity contribution in [3.05, 3.63) is 65.4 Å². The fourth-order valence-corrected chi connectivity index (χ4v) is 3.05. The maximum absolute atomic E-state index is 13.0. The summed E-state index contributed by atoms with van der Waals surface area (Å²) < 4.78 is 49.9. The molecule has 0 saturated heterocycles. The predicted octanol–water partition coefficient (Wildman–Crippen LogP) is 5.25. The summed E-state index contributed by atoms with van der Waals surface area (Å²) in [5, 5.41) is 9.20. The molecule has 158 valence electrons. The van der Waals surface area contributed by atoms with Gasteiger partial charge in [-0.15, -0.1) is 0 Å². The van der Waals surface area contributed by atoms with E-state index < -0.39 is 17.8 Å². The van der Waals surface area contributed by atoms with Gasteiger partial charge in [-0.25, -0.2) is 4.98 Å². The molecule has 0 unspecified atom stereocenters. The highest BCUT2D eigenvalue weighted by atomic mass is 19.4. The number of nitrogens with zero attached hydrogens (tertiary/aromatic N) is 1. The summed E-state index contributed by atoms with van der Waals surface area (Å²) >= 11 is 0. The van der Waals surface area contributed by atoms with E-state index in [-0.39, 0.29) is 24.3 Å². The topological polar surface area (TPSA) is 68.7 Å². The molecule has 0 aliphatic carbocycles. The number of carboxylic acids is 1. The van der Waals surface area contributed by atoms with E-state index in [0.29, 0.717) is 24.0 Å². The van der Waals surface area contributed by atoms with E-state index in [9.17, 15) is 18.0 Å². The molecule has 1 aromatic heterocycles. The second-order valence-corrected chi connectivity index (χ2v) is 6.74. The van der Waals surface area contributed by atoms with Gasteiger partial charge in [-0.05, 0) is 48.2 Å². The van der Waals surface area contributed by atoms with E-state index in [4.69, 9.17) is 14.6 Å². The molecule has 5 nitrogen and oxygen atoms in total. The molecule has 2 aromatic carbocycles. The zero-order valence-corrected chi connectivity index (χ0v) is 16.2. The first-order chi connectivity index (χ1) is 14.3. The molecule has 0 spiro atoms. The second kappa shape index (κ2) is 9.02. The standard InChI is InChI=1S/C22H20F3NO4/c1-29-19-12-20(22(23,24)25)26-18-9-8-15(11-17(18)19)13-30-16-6-2-4-14(10-16)5-3-7-21(27)28/h2,4,6,8-12H,3,5,7,13H2,1H3,(H,27,28). The van der Waals surface area contributed by atoms with Gasteiger partial charge in [0.2, 0.25) is 0 Å². The Morgan fingerprint density at radius 2 is 1.90 bits per heavy atom. The maximum atomic E-state index is 13.0. The summed E-state index contributed by atoms with van der Waals surface area (Å²) in [6, 6.07) is 13.1. The van der Waals surface area contributed by atoms with E-state index in [2.05, 4.69) is 4.98 Å². The molecule has 3 aromatic rings. The normalized spacial score (nSPS) is 11.5. The maximum Gasteiger partial charge on any atom is 0.433 e. The average Bonchev–Trinajstić information content (AvgIpc) is 2.70. The summed E-state index contributed by atoms with van der Waals surface area (Å²) in [5.41, 5.74) is 0.901. The van der Waals surface area contributed by atoms with Crippen LogP contribution in [0.3, 0.4) is 0 Å². The second-order valence-electron chi connectivity index (χ2n) is 6.74. The predicted molar refractivity (Wildman–Crippen MR) is 105 cm³/mol. The number of halogens is 3. The number of carbonyl (C=O) groups is 1. The number of aryl methyl sites for hydroxylation is 1. The molecule has 0 saturated carbocycles. The van der Waals surface area contributed by atoms with Gasteiger partial charge in [-0.3, -0.25) is 4.79 Å². The third-order valence-corrected chi connectivity index (χ3v) is 4.51. The summed E-state index contributed by atoms with van der Waals surface area (Å²) in [5.74, 6) is -0.110. The van der Waals surface area contributed by atoms with Crippen molar-refractivity contribution in [3.8, 4) is 11.5 Å². The van der Waals surface area contributed by atoms with Gasteiger partial charge < -0.3 is 14.6 Å². The first-order valence-corrected chi connectivity index (χ1v) is 9.24. The SMILES string of the molecule is COc1cc(C(F)(F)F)nc2ccc(COc3cccc(CCCC(=O)O)c3)cc12. The van der Waals surface area contributed by atoms with Crippen LogP contribution in [0.2, 0.25) is 0 Å². The highest BCUT2D eigenvalue weighted by Crippen LogP contribution is 2.34. The molecule has 0 aliphatic rings. The Morgan fingerprint density at radius 3 is 2.60 bits per heavy atom. The Morgan fingerprint density at radius 1 is 1.10 bits per heavy atom. The highest BCUT2D eigenvalue weighted by molar-refractivity contribution is 5.86. The number of benzene rings is 2. The zero-order chi connectivity index (χ0) is 21.7. The van der Waals surface area contributed by atoms with E-state index in [1.54, 1.807) is 18.2 Å². The molecular weight excluding hydrogens is 399 g/mol. The largest absolute Gasteiger partial charge is 0.496 e. The first kappa shape index (κ1) is 21.4. The lowest BCUT2D eigenvalue weighted by atomic mass is 10.1. The van der Waals surface area contributed by atoms with Gasteiger partial charge in [-0.2, -0.15) is 13.2 Å². The van der Waals surface area contributed by atoms with Crippen LogP contribution in [0.15, 0.2) is 48.5 Å². The van der Waals surface area contributed by atoms with Crippen molar-refractivity contribution < 1.29 is 32.5 Å². The van der Waals surface area contributed by atoms with E-state index >= 15 is 0 Å². The van der Waals surface area contributed by atoms with Gasteiger partial charge in [0.05, 0.1) is 12.6 Å². The Labute approximate surface area is 171 Å². The van der Waals surface area contributed by atoms with Crippen molar-refractivity contribution in [2.45, 2.75) is 32.0 Å². The van der Waals surface area contributed by atoms with E-state index in [1.165, 1.54) is 13.2 Å². The number of ether oxygens (including phenoxy) is 2. The highest BCUT2D eigenvalue weighted by Gasteiger charge is 2.33. The number of rotatable bonds is 8. The van der Waals surface area contributed by atoms with Gasteiger partial charge in [0.15, 0.2) is 0 Å². The molecule has 0 bridgehead atoms. The van der Waals surface area contributed by atoms with E-state index in [0.717, 1.165) is 17.2 Å². The van der Waals surface area contributed by atoms with Crippen LogP contribution in [-0.2, 0) is 24.0 Å². The lowest BCUT2D eigenvalue weighted by Gasteiger charge is -2.12. The van der Waals surface area contributed by atoms with Crippen molar-refractivity contribution >= 4 is 16.9 Å². The van der Waals surface area contributed by atoms with Gasteiger partial charge >= 0.3 is 12.1 Å². The number of hydrogen-bond donors (Lipinski definition) is 1. The quantitative estimate of drug-likeness (QED) is 0.540. The zero-order valence-electron chi connectivity index (χ0n) is 16.2. The number of alkyl halides is 3. The molecule has 1 heterocycles. The Kier molecular flexibility index (Phi) is 6.44. The van der Waals surface area contributed by atoms with Gasteiger partial charge in [-0.1, -0.05) is 18.2 Å². The molecule has 1 N–H and O–H groups in total. The molecule has 30 heavy (non-hydrogen) atoms. The van der Waals surface area contributed by atoms with Crippen LogP contribution in [0.4, 0.5) is 13.2 Å². The van der Waals surface area contributed by atoms with Crippen molar-refractivity contribution in [1.82, 2.24) is 4.98 Å². The minimum absolute atomic E-state index is 0.0922. The third-order valence-electron chi connectivity index (χ3n) is 4.51. The average molecular weight is 419 g/mol. The number of carboxylic acid groups (broad SMARTS) is 1. The summed E-state index contributed by atoms with van der Waals surface area (Å²) in [6.07, 6.45) is -3.28. The molecule has 3 rings (SSSR count). The minimum Gasteiger partial charge on any atom is -0.496 e. The number of methoxy groups -OCH3 is 1. The number of aliphatic carboxylic acids is 1. The van der Waals surface area contributed by atoms with Crippen molar-refractivity contribution in [2.75, 3.05) is 7.11 Å². The molecule has 8 heteroatoms. The molecule has 0 fully saturated rings. The lowest BCUT2D eigenvalue weighted by Crippen LogP contribution is -2.08. The molecular formula is C22H20F3NO4. The number of pyridine rings is 1. The first-order valence-electron chi connectivity index (χ1n) is 9.24. The summed E-state index contributed by atoms with van der Waals surface area (Å²) in [4.78, 5) is 14.3.